The highest BCUT2D eigenvalue weighted by Gasteiger charge is 2.15. The molecule has 0 bridgehead atoms. The smallest absolute Gasteiger partial charge is 0.243 e. The Morgan fingerprint density at radius 1 is 1.47 bits per heavy atom. The zero-order valence-electron chi connectivity index (χ0n) is 10.1. The zero-order valence-corrected chi connectivity index (χ0v) is 13.2. The van der Waals surface area contributed by atoms with E-state index >= 15 is 0 Å². The Hall–Kier alpha value is -1.04. The molecule has 0 amide bonds. The SMILES string of the molecule is Cc1ccc(Cl)cc1Oc1nc2sccn2c1CBr. The fourth-order valence-corrected chi connectivity index (χ4v) is 3.20. The molecule has 0 unspecified atom stereocenters. The summed E-state index contributed by atoms with van der Waals surface area (Å²) in [5, 5.41) is 3.34. The van der Waals surface area contributed by atoms with Crippen LogP contribution in [0.4, 0.5) is 0 Å². The first-order valence-corrected chi connectivity index (χ1v) is 8.01. The molecule has 3 aromatic rings. The predicted molar refractivity (Wildman–Crippen MR) is 82.0 cm³/mol. The van der Waals surface area contributed by atoms with Gasteiger partial charge in [0.1, 0.15) is 5.75 Å². The Bertz CT molecular complexity index is 737. The van der Waals surface area contributed by atoms with Crippen molar-refractivity contribution in [2.24, 2.45) is 0 Å². The number of hydrogen-bond acceptors (Lipinski definition) is 3. The van der Waals surface area contributed by atoms with Gasteiger partial charge in [-0.15, -0.1) is 11.3 Å². The van der Waals surface area contributed by atoms with Gasteiger partial charge < -0.3 is 4.74 Å². The van der Waals surface area contributed by atoms with Crippen LogP contribution in [0.25, 0.3) is 4.96 Å². The molecule has 0 saturated carbocycles. The number of ether oxygens (including phenoxy) is 1. The van der Waals surface area contributed by atoms with Gasteiger partial charge in [-0.3, -0.25) is 4.40 Å². The fraction of sp³-hybridized carbons (Fsp3) is 0.154. The van der Waals surface area contributed by atoms with E-state index in [9.17, 15) is 0 Å². The van der Waals surface area contributed by atoms with Crippen molar-refractivity contribution in [3.63, 3.8) is 0 Å². The van der Waals surface area contributed by atoms with Crippen molar-refractivity contribution in [2.45, 2.75) is 12.3 Å². The maximum Gasteiger partial charge on any atom is 0.243 e. The summed E-state index contributed by atoms with van der Waals surface area (Å²) in [7, 11) is 0. The summed E-state index contributed by atoms with van der Waals surface area (Å²) in [5.74, 6) is 1.36. The van der Waals surface area contributed by atoms with Crippen molar-refractivity contribution in [2.75, 3.05) is 0 Å². The van der Waals surface area contributed by atoms with E-state index in [1.54, 1.807) is 11.3 Å². The Morgan fingerprint density at radius 2 is 2.32 bits per heavy atom. The van der Waals surface area contributed by atoms with Crippen LogP contribution in [0.2, 0.25) is 5.02 Å². The summed E-state index contributed by atoms with van der Waals surface area (Å²) >= 11 is 11.1. The van der Waals surface area contributed by atoms with Gasteiger partial charge in [-0.05, 0) is 24.6 Å². The molecule has 19 heavy (non-hydrogen) atoms. The van der Waals surface area contributed by atoms with E-state index in [1.807, 2.05) is 41.1 Å². The number of nitrogens with zero attached hydrogens (tertiary/aromatic N) is 2. The van der Waals surface area contributed by atoms with Crippen LogP contribution in [0.1, 0.15) is 11.3 Å². The third kappa shape index (κ3) is 2.38. The molecule has 0 atom stereocenters. The van der Waals surface area contributed by atoms with Crippen molar-refractivity contribution in [3.05, 3.63) is 46.1 Å². The second-order valence-electron chi connectivity index (χ2n) is 4.06. The Kier molecular flexibility index (Phi) is 3.52. The Morgan fingerprint density at radius 3 is 3.11 bits per heavy atom. The third-order valence-corrected chi connectivity index (χ3v) is 4.33. The highest BCUT2D eigenvalue weighted by molar-refractivity contribution is 9.08. The van der Waals surface area contributed by atoms with Crippen molar-refractivity contribution in [1.82, 2.24) is 9.38 Å². The number of alkyl halides is 1. The van der Waals surface area contributed by atoms with Crippen LogP contribution in [0.5, 0.6) is 11.6 Å². The van der Waals surface area contributed by atoms with E-state index < -0.39 is 0 Å². The van der Waals surface area contributed by atoms with Gasteiger partial charge in [0.25, 0.3) is 0 Å². The van der Waals surface area contributed by atoms with Crippen LogP contribution in [0, 0.1) is 6.92 Å². The molecular weight excluding hydrogens is 348 g/mol. The Labute approximate surface area is 127 Å². The lowest BCUT2D eigenvalue weighted by Crippen LogP contribution is -1.92. The van der Waals surface area contributed by atoms with Crippen LogP contribution >= 0.6 is 38.9 Å². The number of imidazole rings is 1. The summed E-state index contributed by atoms with van der Waals surface area (Å²) in [6.07, 6.45) is 1.99. The molecule has 1 aromatic carbocycles. The number of rotatable bonds is 3. The number of fused-ring (bicyclic) bond motifs is 1. The topological polar surface area (TPSA) is 26.5 Å². The number of thiazole rings is 1. The molecule has 0 saturated heterocycles. The molecule has 0 spiro atoms. The molecule has 6 heteroatoms. The molecule has 0 radical (unpaired) electrons. The van der Waals surface area contributed by atoms with Crippen molar-refractivity contribution < 1.29 is 4.74 Å². The summed E-state index contributed by atoms with van der Waals surface area (Å²) in [4.78, 5) is 5.42. The molecule has 0 aliphatic rings. The predicted octanol–water partition coefficient (Wildman–Crippen LogP) is 5.04. The summed E-state index contributed by atoms with van der Waals surface area (Å²) < 4.78 is 7.94. The molecule has 0 N–H and O–H groups in total. The molecule has 2 heterocycles. The van der Waals surface area contributed by atoms with Gasteiger partial charge in [-0.2, -0.15) is 4.98 Å². The highest BCUT2D eigenvalue weighted by atomic mass is 79.9. The Balaban J connectivity index is 2.05. The van der Waals surface area contributed by atoms with Gasteiger partial charge in [0.15, 0.2) is 4.96 Å². The molecule has 3 rings (SSSR count). The van der Waals surface area contributed by atoms with Gasteiger partial charge in [0.05, 0.1) is 5.69 Å². The highest BCUT2D eigenvalue weighted by Crippen LogP contribution is 2.32. The minimum atomic E-state index is 0.620. The van der Waals surface area contributed by atoms with E-state index in [-0.39, 0.29) is 0 Å². The number of aryl methyl sites for hydroxylation is 1. The first kappa shape index (κ1) is 13.0. The summed E-state index contributed by atoms with van der Waals surface area (Å²) in [6, 6.07) is 5.59. The number of halogens is 2. The van der Waals surface area contributed by atoms with Crippen LogP contribution in [0.3, 0.4) is 0 Å². The minimum absolute atomic E-state index is 0.620. The van der Waals surface area contributed by atoms with E-state index in [0.29, 0.717) is 16.2 Å². The van der Waals surface area contributed by atoms with Crippen molar-refractivity contribution in [3.8, 4) is 11.6 Å². The van der Waals surface area contributed by atoms with Crippen LogP contribution in [0.15, 0.2) is 29.8 Å². The molecule has 0 aliphatic heterocycles. The van der Waals surface area contributed by atoms with E-state index in [1.165, 1.54) is 0 Å². The molecule has 0 aliphatic carbocycles. The largest absolute Gasteiger partial charge is 0.437 e. The maximum absolute atomic E-state index is 6.00. The molecular formula is C13H10BrClN2OS. The lowest BCUT2D eigenvalue weighted by Gasteiger charge is -2.07. The number of hydrogen-bond donors (Lipinski definition) is 0. The summed E-state index contributed by atoms with van der Waals surface area (Å²) in [5.41, 5.74) is 2.02. The average Bonchev–Trinajstić information content (AvgIpc) is 2.94. The fourth-order valence-electron chi connectivity index (χ4n) is 1.80. The van der Waals surface area contributed by atoms with Crippen LogP contribution in [-0.2, 0) is 5.33 Å². The van der Waals surface area contributed by atoms with Gasteiger partial charge in [0, 0.05) is 21.9 Å². The molecule has 0 fully saturated rings. The van der Waals surface area contributed by atoms with Gasteiger partial charge >= 0.3 is 0 Å². The summed E-state index contributed by atoms with van der Waals surface area (Å²) in [6.45, 7) is 1.98. The standard InChI is InChI=1S/C13H10BrClN2OS/c1-8-2-3-9(15)6-11(8)18-12-10(7-14)17-4-5-19-13(17)16-12/h2-6H,7H2,1H3. The molecule has 3 nitrogen and oxygen atoms in total. The van der Waals surface area contributed by atoms with Crippen LogP contribution < -0.4 is 4.74 Å². The normalized spacial score (nSPS) is 11.1. The molecule has 2 aromatic heterocycles. The third-order valence-electron chi connectivity index (χ3n) is 2.81. The van der Waals surface area contributed by atoms with Gasteiger partial charge in [-0.25, -0.2) is 0 Å². The monoisotopic (exact) mass is 356 g/mol. The number of aromatic nitrogens is 2. The minimum Gasteiger partial charge on any atom is -0.437 e. The first-order valence-electron chi connectivity index (χ1n) is 5.63. The van der Waals surface area contributed by atoms with Crippen LogP contribution in [-0.4, -0.2) is 9.38 Å². The number of benzene rings is 1. The average molecular weight is 358 g/mol. The second-order valence-corrected chi connectivity index (χ2v) is 5.93. The lowest BCUT2D eigenvalue weighted by atomic mass is 10.2. The van der Waals surface area contributed by atoms with E-state index in [2.05, 4.69) is 20.9 Å². The van der Waals surface area contributed by atoms with Crippen molar-refractivity contribution >= 4 is 43.8 Å². The maximum atomic E-state index is 6.00. The second kappa shape index (κ2) is 5.15. The van der Waals surface area contributed by atoms with Gasteiger partial charge in [-0.1, -0.05) is 33.6 Å². The van der Waals surface area contributed by atoms with E-state index in [0.717, 1.165) is 22.0 Å². The lowest BCUT2D eigenvalue weighted by molar-refractivity contribution is 0.458. The van der Waals surface area contributed by atoms with Crippen molar-refractivity contribution in [1.29, 1.82) is 0 Å². The zero-order chi connectivity index (χ0) is 13.4. The van der Waals surface area contributed by atoms with E-state index in [4.69, 9.17) is 16.3 Å². The first-order chi connectivity index (χ1) is 9.19. The quantitative estimate of drug-likeness (QED) is 0.614. The van der Waals surface area contributed by atoms with Gasteiger partial charge in [0.2, 0.25) is 5.88 Å². The molecule has 98 valence electrons.